The molecule has 0 heterocycles. The minimum absolute atomic E-state index is 0.408. The Hall–Kier alpha value is -2.22. The Labute approximate surface area is 106 Å². The van der Waals surface area contributed by atoms with Crippen molar-refractivity contribution < 1.29 is 14.3 Å². The molecule has 96 valence electrons. The number of anilines is 1. The molecular formula is C13H16N2O3. The van der Waals surface area contributed by atoms with E-state index in [1.54, 1.807) is 39.0 Å². The highest BCUT2D eigenvalue weighted by Crippen LogP contribution is 2.22. The van der Waals surface area contributed by atoms with Crippen LogP contribution in [0.15, 0.2) is 18.2 Å². The minimum Gasteiger partial charge on any atom is -0.495 e. The van der Waals surface area contributed by atoms with Gasteiger partial charge in [-0.05, 0) is 32.9 Å². The Morgan fingerprint density at radius 3 is 2.56 bits per heavy atom. The van der Waals surface area contributed by atoms with Crippen LogP contribution in [0.25, 0.3) is 0 Å². The smallest absolute Gasteiger partial charge is 0.412 e. The number of nitrogens with one attached hydrogen (secondary N) is 1. The van der Waals surface area contributed by atoms with Crippen molar-refractivity contribution >= 4 is 11.8 Å². The van der Waals surface area contributed by atoms with Crippen molar-refractivity contribution in [2.75, 3.05) is 12.4 Å². The lowest BCUT2D eigenvalue weighted by atomic mass is 10.2. The van der Waals surface area contributed by atoms with E-state index in [0.717, 1.165) is 0 Å². The van der Waals surface area contributed by atoms with Crippen LogP contribution in [-0.4, -0.2) is 18.8 Å². The summed E-state index contributed by atoms with van der Waals surface area (Å²) in [6, 6.07) is 6.76. The molecule has 0 saturated heterocycles. The summed E-state index contributed by atoms with van der Waals surface area (Å²) in [6.07, 6.45) is -0.547. The maximum atomic E-state index is 11.5. The third kappa shape index (κ3) is 3.98. The van der Waals surface area contributed by atoms with Crippen LogP contribution in [-0.2, 0) is 4.74 Å². The minimum atomic E-state index is -0.555. The van der Waals surface area contributed by atoms with Crippen molar-refractivity contribution in [2.45, 2.75) is 26.4 Å². The molecule has 0 aromatic heterocycles. The fourth-order valence-electron chi connectivity index (χ4n) is 1.28. The Balaban J connectivity index is 2.81. The molecule has 0 unspecified atom stereocenters. The van der Waals surface area contributed by atoms with Crippen LogP contribution >= 0.6 is 0 Å². The number of ether oxygens (including phenoxy) is 2. The Morgan fingerprint density at radius 1 is 1.39 bits per heavy atom. The second kappa shape index (κ2) is 5.41. The van der Waals surface area contributed by atoms with Crippen LogP contribution in [0.1, 0.15) is 26.3 Å². The first-order valence-corrected chi connectivity index (χ1v) is 5.44. The summed E-state index contributed by atoms with van der Waals surface area (Å²) in [6.45, 7) is 5.35. The van der Waals surface area contributed by atoms with Crippen molar-refractivity contribution in [1.82, 2.24) is 0 Å². The van der Waals surface area contributed by atoms with Crippen molar-refractivity contribution in [3.63, 3.8) is 0 Å². The van der Waals surface area contributed by atoms with Gasteiger partial charge in [-0.15, -0.1) is 0 Å². The summed E-state index contributed by atoms with van der Waals surface area (Å²) in [5.74, 6) is 0.408. The maximum absolute atomic E-state index is 11.5. The summed E-state index contributed by atoms with van der Waals surface area (Å²) in [5.41, 5.74) is 0.369. The summed E-state index contributed by atoms with van der Waals surface area (Å²) >= 11 is 0. The van der Waals surface area contributed by atoms with Crippen molar-refractivity contribution in [3.05, 3.63) is 23.8 Å². The first-order valence-electron chi connectivity index (χ1n) is 5.44. The molecule has 1 aromatic rings. The zero-order valence-corrected chi connectivity index (χ0v) is 10.9. The molecule has 0 radical (unpaired) electrons. The Kier molecular flexibility index (Phi) is 4.16. The number of amides is 1. The number of nitrogens with zero attached hydrogens (tertiary/aromatic N) is 1. The third-order valence-electron chi connectivity index (χ3n) is 1.97. The van der Waals surface area contributed by atoms with E-state index < -0.39 is 11.7 Å². The van der Waals surface area contributed by atoms with E-state index in [4.69, 9.17) is 14.7 Å². The molecule has 0 aliphatic heterocycles. The van der Waals surface area contributed by atoms with Crippen molar-refractivity contribution in [2.24, 2.45) is 0 Å². The first kappa shape index (κ1) is 13.8. The van der Waals surface area contributed by atoms with Crippen molar-refractivity contribution in [3.8, 4) is 11.8 Å². The zero-order chi connectivity index (χ0) is 13.8. The van der Waals surface area contributed by atoms with E-state index in [-0.39, 0.29) is 0 Å². The lowest BCUT2D eigenvalue weighted by molar-refractivity contribution is 0.0636. The van der Waals surface area contributed by atoms with Gasteiger partial charge in [0.2, 0.25) is 0 Å². The van der Waals surface area contributed by atoms with Gasteiger partial charge in [-0.2, -0.15) is 5.26 Å². The SMILES string of the molecule is COc1cc(NC(=O)OC(C)(C)C)ccc1C#N. The summed E-state index contributed by atoms with van der Waals surface area (Å²) in [7, 11) is 1.47. The van der Waals surface area contributed by atoms with Crippen LogP contribution in [0.3, 0.4) is 0 Å². The molecule has 0 atom stereocenters. The molecule has 0 fully saturated rings. The van der Waals surface area contributed by atoms with E-state index in [1.807, 2.05) is 6.07 Å². The summed E-state index contributed by atoms with van der Waals surface area (Å²) in [5, 5.41) is 11.4. The van der Waals surface area contributed by atoms with Gasteiger partial charge in [-0.25, -0.2) is 4.79 Å². The van der Waals surface area contributed by atoms with Gasteiger partial charge in [0, 0.05) is 11.8 Å². The maximum Gasteiger partial charge on any atom is 0.412 e. The van der Waals surface area contributed by atoms with Gasteiger partial charge < -0.3 is 9.47 Å². The van der Waals surface area contributed by atoms with Gasteiger partial charge in [-0.3, -0.25) is 5.32 Å². The number of methoxy groups -OCH3 is 1. The highest BCUT2D eigenvalue weighted by Gasteiger charge is 2.16. The predicted octanol–water partition coefficient (Wildman–Crippen LogP) is 2.91. The number of nitriles is 1. The van der Waals surface area contributed by atoms with Crippen LogP contribution in [0.5, 0.6) is 5.75 Å². The van der Waals surface area contributed by atoms with Gasteiger partial charge in [-0.1, -0.05) is 0 Å². The number of carbonyl (C=O) groups is 1. The fourth-order valence-corrected chi connectivity index (χ4v) is 1.28. The molecule has 1 amide bonds. The molecule has 5 nitrogen and oxygen atoms in total. The molecule has 0 bridgehead atoms. The van der Waals surface area contributed by atoms with Gasteiger partial charge in [0.1, 0.15) is 17.4 Å². The average molecular weight is 248 g/mol. The molecule has 1 aromatic carbocycles. The molecule has 0 aliphatic rings. The molecule has 0 spiro atoms. The van der Waals surface area contributed by atoms with E-state index >= 15 is 0 Å². The van der Waals surface area contributed by atoms with Gasteiger partial charge >= 0.3 is 6.09 Å². The second-order valence-electron chi connectivity index (χ2n) is 4.65. The summed E-state index contributed by atoms with van der Waals surface area (Å²) in [4.78, 5) is 11.5. The normalized spacial score (nSPS) is 10.4. The number of hydrogen-bond acceptors (Lipinski definition) is 4. The molecule has 0 aliphatic carbocycles. The number of hydrogen-bond donors (Lipinski definition) is 1. The monoisotopic (exact) mass is 248 g/mol. The van der Waals surface area contributed by atoms with E-state index in [2.05, 4.69) is 5.32 Å². The molecule has 18 heavy (non-hydrogen) atoms. The zero-order valence-electron chi connectivity index (χ0n) is 10.9. The number of benzene rings is 1. The largest absolute Gasteiger partial charge is 0.495 e. The quantitative estimate of drug-likeness (QED) is 0.873. The van der Waals surface area contributed by atoms with Gasteiger partial charge in [0.05, 0.1) is 12.7 Å². The van der Waals surface area contributed by atoms with Gasteiger partial charge in [0.25, 0.3) is 0 Å². The van der Waals surface area contributed by atoms with Crippen LogP contribution in [0.2, 0.25) is 0 Å². The topological polar surface area (TPSA) is 71.3 Å². The average Bonchev–Trinajstić information content (AvgIpc) is 2.26. The molecule has 0 saturated carbocycles. The van der Waals surface area contributed by atoms with E-state index in [9.17, 15) is 4.79 Å². The van der Waals surface area contributed by atoms with E-state index in [1.165, 1.54) is 7.11 Å². The predicted molar refractivity (Wildman–Crippen MR) is 67.6 cm³/mol. The third-order valence-corrected chi connectivity index (χ3v) is 1.97. The lowest BCUT2D eigenvalue weighted by Gasteiger charge is -2.19. The molecule has 1 rings (SSSR count). The second-order valence-corrected chi connectivity index (χ2v) is 4.65. The van der Waals surface area contributed by atoms with Gasteiger partial charge in [0.15, 0.2) is 0 Å². The summed E-state index contributed by atoms with van der Waals surface area (Å²) < 4.78 is 10.2. The molecule has 5 heteroatoms. The van der Waals surface area contributed by atoms with Crippen LogP contribution < -0.4 is 10.1 Å². The number of rotatable bonds is 2. The van der Waals surface area contributed by atoms with Crippen LogP contribution in [0.4, 0.5) is 10.5 Å². The number of carbonyl (C=O) groups excluding carboxylic acids is 1. The lowest BCUT2D eigenvalue weighted by Crippen LogP contribution is -2.27. The standard InChI is InChI=1S/C13H16N2O3/c1-13(2,3)18-12(16)15-10-6-5-9(8-14)11(7-10)17-4/h5-7H,1-4H3,(H,15,16). The Bertz CT molecular complexity index is 484. The fraction of sp³-hybridized carbons (Fsp3) is 0.385. The first-order chi connectivity index (χ1) is 8.35. The van der Waals surface area contributed by atoms with E-state index in [0.29, 0.717) is 17.0 Å². The molecular weight excluding hydrogens is 232 g/mol. The van der Waals surface area contributed by atoms with Crippen LogP contribution in [0, 0.1) is 11.3 Å². The Morgan fingerprint density at radius 2 is 2.06 bits per heavy atom. The molecule has 1 N–H and O–H groups in total. The highest BCUT2D eigenvalue weighted by molar-refractivity contribution is 5.85. The van der Waals surface area contributed by atoms with Crippen molar-refractivity contribution in [1.29, 1.82) is 5.26 Å². The highest BCUT2D eigenvalue weighted by atomic mass is 16.6.